The van der Waals surface area contributed by atoms with E-state index in [1.165, 1.54) is 25.8 Å². The lowest BCUT2D eigenvalue weighted by atomic mass is 9.72. The van der Waals surface area contributed by atoms with Crippen LogP contribution in [0.5, 0.6) is 5.75 Å². The number of amides is 3. The molecule has 0 unspecified atom stereocenters. The Morgan fingerprint density at radius 1 is 1.02 bits per heavy atom. The molecule has 15 heteroatoms. The zero-order valence-electron chi connectivity index (χ0n) is 25.6. The highest BCUT2D eigenvalue weighted by Crippen LogP contribution is 2.38. The van der Waals surface area contributed by atoms with E-state index in [2.05, 4.69) is 10.6 Å². The predicted octanol–water partition coefficient (Wildman–Crippen LogP) is 4.33. The van der Waals surface area contributed by atoms with Gasteiger partial charge >= 0.3 is 12.4 Å². The molecule has 46 heavy (non-hydrogen) atoms. The summed E-state index contributed by atoms with van der Waals surface area (Å²) in [7, 11) is 1.43. The Kier molecular flexibility index (Phi) is 11.1. The van der Waals surface area contributed by atoms with Gasteiger partial charge < -0.3 is 31.4 Å². The van der Waals surface area contributed by atoms with Crippen molar-refractivity contribution in [3.8, 4) is 5.75 Å². The molecule has 3 amide bonds. The van der Waals surface area contributed by atoms with E-state index in [1.54, 1.807) is 30.3 Å². The van der Waals surface area contributed by atoms with E-state index in [9.17, 15) is 40.7 Å². The molecule has 252 valence electrons. The summed E-state index contributed by atoms with van der Waals surface area (Å²) in [5.41, 5.74) is 0.953. The first-order valence-corrected chi connectivity index (χ1v) is 14.4. The Hall–Kier alpha value is -4.14. The maximum Gasteiger partial charge on any atom is 0.416 e. The molecule has 2 aromatic rings. The number of nitrogens with one attached hydrogen (secondary N) is 3. The highest BCUT2D eigenvalue weighted by Gasteiger charge is 2.48. The second kappa shape index (κ2) is 14.1. The van der Waals surface area contributed by atoms with E-state index in [4.69, 9.17) is 15.9 Å². The van der Waals surface area contributed by atoms with Crippen LogP contribution in [-0.4, -0.2) is 66.7 Å². The molecule has 1 saturated heterocycles. The summed E-state index contributed by atoms with van der Waals surface area (Å²) in [4.78, 5) is 41.3. The third-order valence-electron chi connectivity index (χ3n) is 7.65. The van der Waals surface area contributed by atoms with E-state index in [1.807, 2.05) is 0 Å². The highest BCUT2D eigenvalue weighted by atomic mass is 19.4. The van der Waals surface area contributed by atoms with Crippen molar-refractivity contribution in [1.29, 1.82) is 5.41 Å². The molecule has 0 aliphatic carbocycles. The van der Waals surface area contributed by atoms with Gasteiger partial charge in [0.15, 0.2) is 0 Å². The molecule has 2 aromatic carbocycles. The molecule has 0 spiro atoms. The van der Waals surface area contributed by atoms with Gasteiger partial charge in [0.25, 0.3) is 0 Å². The quantitative estimate of drug-likeness (QED) is 0.211. The van der Waals surface area contributed by atoms with E-state index < -0.39 is 63.9 Å². The standard InChI is InChI=1S/C31H37F6N5O4/c1-28(2,39)26(44)41-23(10-7-13-46-22-15-20(30(32,33)34)14-21(16-22)31(35,36)37)25(43)42-12-11-24(38)29(18-42,27(45)40-3)17-19-8-5-4-6-9-19/h4-6,8-9,14-16,23,38H,7,10-13,17-18,39H2,1-3H3,(H,40,45)(H,41,44)/t23-,29-/m1/s1. The average molecular weight is 658 g/mol. The molecule has 2 atom stereocenters. The number of nitrogens with zero attached hydrogens (tertiary/aromatic N) is 1. The number of likely N-dealkylation sites (tertiary alicyclic amines) is 1. The largest absolute Gasteiger partial charge is 0.494 e. The van der Waals surface area contributed by atoms with Crippen molar-refractivity contribution >= 4 is 23.4 Å². The lowest BCUT2D eigenvalue weighted by molar-refractivity contribution is -0.143. The van der Waals surface area contributed by atoms with Crippen LogP contribution >= 0.6 is 0 Å². The van der Waals surface area contributed by atoms with Crippen LogP contribution in [0.25, 0.3) is 0 Å². The average Bonchev–Trinajstić information content (AvgIpc) is 2.98. The van der Waals surface area contributed by atoms with Gasteiger partial charge in [-0.3, -0.25) is 14.4 Å². The van der Waals surface area contributed by atoms with Gasteiger partial charge in [-0.05, 0) is 56.9 Å². The third-order valence-corrected chi connectivity index (χ3v) is 7.65. The number of ether oxygens (including phenoxy) is 1. The first-order valence-electron chi connectivity index (χ1n) is 14.4. The van der Waals surface area contributed by atoms with Gasteiger partial charge in [-0.15, -0.1) is 0 Å². The van der Waals surface area contributed by atoms with Gasteiger partial charge in [-0.25, -0.2) is 0 Å². The topological polar surface area (TPSA) is 138 Å². The summed E-state index contributed by atoms with van der Waals surface area (Å²) >= 11 is 0. The number of hydrogen-bond acceptors (Lipinski definition) is 6. The Morgan fingerprint density at radius 2 is 1.61 bits per heavy atom. The van der Waals surface area contributed by atoms with Crippen molar-refractivity contribution in [3.05, 3.63) is 65.2 Å². The number of carbonyl (C=O) groups is 3. The Balaban J connectivity index is 1.82. The minimum Gasteiger partial charge on any atom is -0.494 e. The van der Waals surface area contributed by atoms with Crippen LogP contribution in [0.1, 0.15) is 49.8 Å². The van der Waals surface area contributed by atoms with E-state index in [-0.39, 0.29) is 57.2 Å². The molecule has 1 heterocycles. The molecule has 1 fully saturated rings. The monoisotopic (exact) mass is 657 g/mol. The molecule has 0 bridgehead atoms. The fraction of sp³-hybridized carbons (Fsp3) is 0.484. The minimum absolute atomic E-state index is 0.0133. The normalized spacial score (nSPS) is 18.1. The van der Waals surface area contributed by atoms with Crippen LogP contribution in [0, 0.1) is 10.8 Å². The summed E-state index contributed by atoms with van der Waals surface area (Å²) in [5, 5.41) is 13.9. The fourth-order valence-electron chi connectivity index (χ4n) is 5.12. The summed E-state index contributed by atoms with van der Waals surface area (Å²) in [6.07, 6.45) is -10.1. The third kappa shape index (κ3) is 8.98. The zero-order chi connectivity index (χ0) is 34.5. The number of benzene rings is 2. The van der Waals surface area contributed by atoms with Gasteiger partial charge in [0.2, 0.25) is 17.7 Å². The van der Waals surface area contributed by atoms with Crippen molar-refractivity contribution < 1.29 is 45.5 Å². The number of rotatable bonds is 11. The highest BCUT2D eigenvalue weighted by molar-refractivity contribution is 6.09. The Labute approximate surface area is 262 Å². The fourth-order valence-corrected chi connectivity index (χ4v) is 5.12. The zero-order valence-corrected chi connectivity index (χ0v) is 25.6. The number of alkyl halides is 6. The van der Waals surface area contributed by atoms with Crippen LogP contribution in [0.15, 0.2) is 48.5 Å². The number of piperidine rings is 1. The van der Waals surface area contributed by atoms with Crippen molar-refractivity contribution in [3.63, 3.8) is 0 Å². The Morgan fingerprint density at radius 3 is 2.13 bits per heavy atom. The SMILES string of the molecule is CNC(=O)[C@]1(Cc2ccccc2)CN(C(=O)[C@@H](CCCOc2cc(C(F)(F)F)cc(C(F)(F)F)c2)NC(=O)C(C)(C)N)CCC1=N. The maximum absolute atomic E-state index is 13.9. The summed E-state index contributed by atoms with van der Waals surface area (Å²) in [6, 6.07) is 8.63. The van der Waals surface area contributed by atoms with Crippen LogP contribution in [0.3, 0.4) is 0 Å². The van der Waals surface area contributed by atoms with Crippen molar-refractivity contribution in [2.45, 2.75) is 63.5 Å². The smallest absolute Gasteiger partial charge is 0.416 e. The van der Waals surface area contributed by atoms with E-state index in [0.29, 0.717) is 12.1 Å². The van der Waals surface area contributed by atoms with Crippen LogP contribution in [0.2, 0.25) is 0 Å². The second-order valence-electron chi connectivity index (χ2n) is 11.8. The van der Waals surface area contributed by atoms with Crippen LogP contribution in [-0.2, 0) is 33.2 Å². The van der Waals surface area contributed by atoms with E-state index in [0.717, 1.165) is 5.56 Å². The Bertz CT molecular complexity index is 1380. The lowest BCUT2D eigenvalue weighted by Gasteiger charge is -2.43. The molecule has 1 aliphatic rings. The number of hydrogen-bond donors (Lipinski definition) is 4. The minimum atomic E-state index is -5.05. The van der Waals surface area contributed by atoms with Gasteiger partial charge in [0.1, 0.15) is 17.2 Å². The predicted molar refractivity (Wildman–Crippen MR) is 157 cm³/mol. The maximum atomic E-state index is 13.9. The van der Waals surface area contributed by atoms with Gasteiger partial charge in [-0.1, -0.05) is 30.3 Å². The van der Waals surface area contributed by atoms with Gasteiger partial charge in [0.05, 0.1) is 23.3 Å². The first kappa shape index (κ1) is 36.3. The van der Waals surface area contributed by atoms with Crippen molar-refractivity contribution in [2.75, 3.05) is 26.7 Å². The van der Waals surface area contributed by atoms with E-state index >= 15 is 0 Å². The molecule has 5 N–H and O–H groups in total. The van der Waals surface area contributed by atoms with Crippen LogP contribution in [0.4, 0.5) is 26.3 Å². The molecular formula is C31H37F6N5O4. The molecule has 9 nitrogen and oxygen atoms in total. The molecular weight excluding hydrogens is 620 g/mol. The second-order valence-corrected chi connectivity index (χ2v) is 11.8. The van der Waals surface area contributed by atoms with Gasteiger partial charge in [0, 0.05) is 32.3 Å². The number of carbonyl (C=O) groups excluding carboxylic acids is 3. The van der Waals surface area contributed by atoms with Gasteiger partial charge in [-0.2, -0.15) is 26.3 Å². The van der Waals surface area contributed by atoms with Crippen molar-refractivity contribution in [2.24, 2.45) is 11.1 Å². The summed E-state index contributed by atoms with van der Waals surface area (Å²) in [5.74, 6) is -2.41. The van der Waals surface area contributed by atoms with Crippen LogP contribution < -0.4 is 21.1 Å². The summed E-state index contributed by atoms with van der Waals surface area (Å²) < 4.78 is 84.6. The van der Waals surface area contributed by atoms with Crippen molar-refractivity contribution in [1.82, 2.24) is 15.5 Å². The lowest BCUT2D eigenvalue weighted by Crippen LogP contribution is -2.62. The summed E-state index contributed by atoms with van der Waals surface area (Å²) in [6.45, 7) is 2.35. The molecule has 0 radical (unpaired) electrons. The first-order chi connectivity index (χ1) is 21.3. The number of nitrogens with two attached hydrogens (primary N) is 1. The molecule has 0 aromatic heterocycles. The molecule has 0 saturated carbocycles. The molecule has 3 rings (SSSR count). The molecule has 1 aliphatic heterocycles. The number of halogens is 6.